The molecule has 27 heavy (non-hydrogen) atoms. The van der Waals surface area contributed by atoms with Gasteiger partial charge >= 0.3 is 0 Å². The van der Waals surface area contributed by atoms with Gasteiger partial charge in [0.05, 0.1) is 24.0 Å². The van der Waals surface area contributed by atoms with Crippen LogP contribution in [0.25, 0.3) is 11.4 Å². The number of carbonyl (C=O) groups excluding carboxylic acids is 1. The molecule has 0 aliphatic heterocycles. The molecule has 0 saturated heterocycles. The molecule has 0 radical (unpaired) electrons. The normalized spacial score (nSPS) is 10.4. The molecule has 0 saturated carbocycles. The Kier molecular flexibility index (Phi) is 6.01. The van der Waals surface area contributed by atoms with E-state index in [1.54, 1.807) is 41.3 Å². The summed E-state index contributed by atoms with van der Waals surface area (Å²) in [5.74, 6) is 1.14. The van der Waals surface area contributed by atoms with Crippen LogP contribution < -0.4 is 10.1 Å². The van der Waals surface area contributed by atoms with Crippen LogP contribution in [0, 0.1) is 11.3 Å². The van der Waals surface area contributed by atoms with E-state index >= 15 is 0 Å². The summed E-state index contributed by atoms with van der Waals surface area (Å²) < 4.78 is 7.14. The lowest BCUT2D eigenvalue weighted by Crippen LogP contribution is -2.14. The number of amides is 1. The van der Waals surface area contributed by atoms with Crippen LogP contribution >= 0.6 is 34.7 Å². The van der Waals surface area contributed by atoms with Crippen LogP contribution in [0.4, 0.5) is 5.00 Å². The molecular weight excluding hydrogens is 406 g/mol. The summed E-state index contributed by atoms with van der Waals surface area (Å²) in [6.45, 7) is 0. The van der Waals surface area contributed by atoms with Crippen LogP contribution in [0.1, 0.15) is 5.56 Å². The second-order valence-electron chi connectivity index (χ2n) is 5.32. The predicted molar refractivity (Wildman–Crippen MR) is 106 cm³/mol. The van der Waals surface area contributed by atoms with E-state index in [2.05, 4.69) is 15.5 Å². The molecule has 10 heteroatoms. The van der Waals surface area contributed by atoms with E-state index in [9.17, 15) is 4.79 Å². The van der Waals surface area contributed by atoms with Gasteiger partial charge in [-0.2, -0.15) is 5.26 Å². The van der Waals surface area contributed by atoms with E-state index in [1.165, 1.54) is 23.1 Å². The molecule has 0 fully saturated rings. The zero-order valence-electron chi connectivity index (χ0n) is 14.4. The molecule has 0 atom stereocenters. The molecule has 0 bridgehead atoms. The number of hydrogen-bond donors (Lipinski definition) is 1. The fourth-order valence-electron chi connectivity index (χ4n) is 2.32. The number of methoxy groups -OCH3 is 1. The molecule has 138 valence electrons. The first-order chi connectivity index (χ1) is 13.0. The molecule has 2 heterocycles. The summed E-state index contributed by atoms with van der Waals surface area (Å²) in [6, 6.07) is 8.96. The fraction of sp³-hybridized carbons (Fsp3) is 0.176. The zero-order chi connectivity index (χ0) is 19.4. The largest absolute Gasteiger partial charge is 0.496 e. The number of nitrogens with zero attached hydrogens (tertiary/aromatic N) is 4. The van der Waals surface area contributed by atoms with Gasteiger partial charge in [0.2, 0.25) is 5.91 Å². The highest BCUT2D eigenvalue weighted by Gasteiger charge is 2.17. The Labute approximate surface area is 168 Å². The van der Waals surface area contributed by atoms with E-state index in [0.29, 0.717) is 37.9 Å². The van der Waals surface area contributed by atoms with Crippen LogP contribution in [-0.4, -0.2) is 33.5 Å². The second kappa shape index (κ2) is 8.43. The van der Waals surface area contributed by atoms with Crippen molar-refractivity contribution >= 4 is 45.6 Å². The average molecular weight is 420 g/mol. The number of halogens is 1. The molecule has 3 rings (SSSR count). The van der Waals surface area contributed by atoms with Gasteiger partial charge in [-0.25, -0.2) is 0 Å². The van der Waals surface area contributed by atoms with Crippen molar-refractivity contribution in [2.45, 2.75) is 5.16 Å². The molecule has 1 aromatic carbocycles. The van der Waals surface area contributed by atoms with Gasteiger partial charge in [-0.1, -0.05) is 23.4 Å². The second-order valence-corrected chi connectivity index (χ2v) is 7.62. The first kappa shape index (κ1) is 19.2. The number of nitriles is 1. The Hall–Kier alpha value is -2.54. The van der Waals surface area contributed by atoms with Crippen molar-refractivity contribution in [1.82, 2.24) is 14.8 Å². The summed E-state index contributed by atoms with van der Waals surface area (Å²) in [6.07, 6.45) is 0. The van der Waals surface area contributed by atoms with E-state index in [-0.39, 0.29) is 11.7 Å². The van der Waals surface area contributed by atoms with Crippen molar-refractivity contribution in [3.05, 3.63) is 40.2 Å². The Balaban J connectivity index is 1.72. The Morgan fingerprint density at radius 3 is 3.00 bits per heavy atom. The summed E-state index contributed by atoms with van der Waals surface area (Å²) in [5.41, 5.74) is 1.17. The third-order valence-electron chi connectivity index (χ3n) is 3.61. The third kappa shape index (κ3) is 4.24. The van der Waals surface area contributed by atoms with E-state index < -0.39 is 0 Å². The molecule has 0 aliphatic rings. The van der Waals surface area contributed by atoms with Crippen LogP contribution in [0.5, 0.6) is 5.75 Å². The number of thioether (sulfide) groups is 1. The van der Waals surface area contributed by atoms with Gasteiger partial charge in [0.15, 0.2) is 11.0 Å². The lowest BCUT2D eigenvalue weighted by Gasteiger charge is -2.09. The standard InChI is InChI=1S/C17H14ClN5O2S2/c1-23-15(12-7-11(18)3-4-13(12)25-2)21-22-17(23)27-9-14(24)20-16-10(8-19)5-6-26-16/h3-7H,9H2,1-2H3,(H,20,24). The number of rotatable bonds is 6. The lowest BCUT2D eigenvalue weighted by molar-refractivity contribution is -0.113. The summed E-state index contributed by atoms with van der Waals surface area (Å²) in [5, 5.41) is 23.5. The van der Waals surface area contributed by atoms with Crippen LogP contribution in [0.2, 0.25) is 5.02 Å². The molecule has 3 aromatic rings. The van der Waals surface area contributed by atoms with Gasteiger partial charge in [0, 0.05) is 12.1 Å². The minimum Gasteiger partial charge on any atom is -0.496 e. The quantitative estimate of drug-likeness (QED) is 0.610. The highest BCUT2D eigenvalue weighted by molar-refractivity contribution is 7.99. The van der Waals surface area contributed by atoms with E-state index in [1.807, 2.05) is 13.1 Å². The van der Waals surface area contributed by atoms with Gasteiger partial charge in [-0.05, 0) is 29.6 Å². The van der Waals surface area contributed by atoms with E-state index in [4.69, 9.17) is 21.6 Å². The molecule has 1 N–H and O–H groups in total. The van der Waals surface area contributed by atoms with Crippen LogP contribution in [-0.2, 0) is 11.8 Å². The molecule has 7 nitrogen and oxygen atoms in total. The number of aromatic nitrogens is 3. The molecule has 0 aliphatic carbocycles. The summed E-state index contributed by atoms with van der Waals surface area (Å²) >= 11 is 8.64. The Morgan fingerprint density at radius 2 is 2.26 bits per heavy atom. The lowest BCUT2D eigenvalue weighted by atomic mass is 10.2. The monoisotopic (exact) mass is 419 g/mol. The summed E-state index contributed by atoms with van der Waals surface area (Å²) in [7, 11) is 3.38. The first-order valence-electron chi connectivity index (χ1n) is 7.67. The topological polar surface area (TPSA) is 92.8 Å². The number of anilines is 1. The Bertz CT molecular complexity index is 1020. The maximum atomic E-state index is 12.2. The van der Waals surface area contributed by atoms with Gasteiger partial charge in [0.25, 0.3) is 0 Å². The number of nitrogens with one attached hydrogen (secondary N) is 1. The van der Waals surface area contributed by atoms with Crippen molar-refractivity contribution in [2.24, 2.45) is 7.05 Å². The first-order valence-corrected chi connectivity index (χ1v) is 9.91. The Morgan fingerprint density at radius 1 is 1.44 bits per heavy atom. The van der Waals surface area contributed by atoms with E-state index in [0.717, 1.165) is 0 Å². The highest BCUT2D eigenvalue weighted by Crippen LogP contribution is 2.32. The maximum Gasteiger partial charge on any atom is 0.235 e. The van der Waals surface area contributed by atoms with Gasteiger partial charge < -0.3 is 14.6 Å². The molecule has 2 aromatic heterocycles. The van der Waals surface area contributed by atoms with Gasteiger partial charge in [-0.15, -0.1) is 21.5 Å². The smallest absolute Gasteiger partial charge is 0.235 e. The minimum atomic E-state index is -0.219. The van der Waals surface area contributed by atoms with Crippen LogP contribution in [0.3, 0.4) is 0 Å². The third-order valence-corrected chi connectivity index (χ3v) is 5.69. The van der Waals surface area contributed by atoms with Crippen LogP contribution in [0.15, 0.2) is 34.8 Å². The van der Waals surface area contributed by atoms with Crippen molar-refractivity contribution in [2.75, 3.05) is 18.2 Å². The zero-order valence-corrected chi connectivity index (χ0v) is 16.8. The number of ether oxygens (including phenoxy) is 1. The predicted octanol–water partition coefficient (Wildman–Crippen LogP) is 3.81. The van der Waals surface area contributed by atoms with Gasteiger partial charge in [-0.3, -0.25) is 4.79 Å². The van der Waals surface area contributed by atoms with Crippen molar-refractivity contribution in [3.63, 3.8) is 0 Å². The maximum absolute atomic E-state index is 12.2. The number of thiophene rings is 1. The minimum absolute atomic E-state index is 0.140. The molecular formula is C17H14ClN5O2S2. The number of hydrogen-bond acceptors (Lipinski definition) is 7. The van der Waals surface area contributed by atoms with Crippen molar-refractivity contribution in [1.29, 1.82) is 5.26 Å². The molecule has 1 amide bonds. The SMILES string of the molecule is COc1ccc(Cl)cc1-c1nnc(SCC(=O)Nc2sccc2C#N)n1C. The number of carbonyl (C=O) groups is 1. The average Bonchev–Trinajstić information content (AvgIpc) is 3.26. The number of benzene rings is 1. The molecule has 0 unspecified atom stereocenters. The fourth-order valence-corrected chi connectivity index (χ4v) is 3.95. The van der Waals surface area contributed by atoms with Crippen molar-refractivity contribution in [3.8, 4) is 23.2 Å². The summed E-state index contributed by atoms with van der Waals surface area (Å²) in [4.78, 5) is 12.2. The highest BCUT2D eigenvalue weighted by atomic mass is 35.5. The van der Waals surface area contributed by atoms with Crippen molar-refractivity contribution < 1.29 is 9.53 Å². The molecule has 0 spiro atoms. The van der Waals surface area contributed by atoms with Gasteiger partial charge in [0.1, 0.15) is 16.8 Å².